The summed E-state index contributed by atoms with van der Waals surface area (Å²) in [5, 5.41) is 14.6. The second-order valence-corrected chi connectivity index (χ2v) is 3.17. The van der Waals surface area contributed by atoms with Crippen LogP contribution in [-0.2, 0) is 0 Å². The largest absolute Gasteiger partial charge is 0.361 e. The number of hydrogen-bond acceptors (Lipinski definition) is 4. The highest BCUT2D eigenvalue weighted by Crippen LogP contribution is 2.05. The van der Waals surface area contributed by atoms with Gasteiger partial charge in [0.1, 0.15) is 11.3 Å². The molecule has 5 nitrogen and oxygen atoms in total. The lowest BCUT2D eigenvalue weighted by atomic mass is 10.2. The summed E-state index contributed by atoms with van der Waals surface area (Å²) >= 11 is 0. The summed E-state index contributed by atoms with van der Waals surface area (Å²) in [6.07, 6.45) is 3.55. The predicted octanol–water partition coefficient (Wildman–Crippen LogP) is 1.41. The molecular weight excluding hydrogens is 194 g/mol. The summed E-state index contributed by atoms with van der Waals surface area (Å²) in [5.41, 5.74) is 0.468. The number of aromatic nitrogens is 1. The van der Waals surface area contributed by atoms with Gasteiger partial charge in [-0.05, 0) is 19.8 Å². The average molecular weight is 207 g/mol. The molecule has 0 bridgehead atoms. The van der Waals surface area contributed by atoms with E-state index in [9.17, 15) is 4.79 Å². The first-order chi connectivity index (χ1) is 7.25. The third kappa shape index (κ3) is 3.43. The van der Waals surface area contributed by atoms with E-state index in [1.54, 1.807) is 6.92 Å². The maximum atomic E-state index is 11.5. The van der Waals surface area contributed by atoms with Crippen molar-refractivity contribution in [1.29, 1.82) is 5.26 Å². The van der Waals surface area contributed by atoms with Crippen molar-refractivity contribution in [1.82, 2.24) is 10.5 Å². The van der Waals surface area contributed by atoms with Crippen LogP contribution in [0.5, 0.6) is 0 Å². The fraction of sp³-hybridized carbons (Fsp3) is 0.500. The van der Waals surface area contributed by atoms with Crippen LogP contribution in [0.3, 0.4) is 0 Å². The van der Waals surface area contributed by atoms with Crippen LogP contribution < -0.4 is 5.32 Å². The Balaban J connectivity index is 2.26. The number of carbonyl (C=O) groups excluding carboxylic acids is 1. The molecule has 0 saturated carbocycles. The number of amides is 1. The summed E-state index contributed by atoms with van der Waals surface area (Å²) in [6, 6.07) is 2.05. The molecule has 1 heterocycles. The van der Waals surface area contributed by atoms with Gasteiger partial charge in [-0.25, -0.2) is 0 Å². The Morgan fingerprint density at radius 1 is 1.67 bits per heavy atom. The van der Waals surface area contributed by atoms with Crippen LogP contribution in [0.15, 0.2) is 10.7 Å². The minimum Gasteiger partial charge on any atom is -0.361 e. The number of nitrogens with zero attached hydrogens (tertiary/aromatic N) is 2. The van der Waals surface area contributed by atoms with Gasteiger partial charge in [-0.2, -0.15) is 5.26 Å². The van der Waals surface area contributed by atoms with Crippen LogP contribution >= 0.6 is 0 Å². The topological polar surface area (TPSA) is 78.9 Å². The summed E-state index contributed by atoms with van der Waals surface area (Å²) in [4.78, 5) is 11.5. The summed E-state index contributed by atoms with van der Waals surface area (Å²) < 4.78 is 4.78. The highest BCUT2D eigenvalue weighted by Gasteiger charge is 2.11. The molecule has 0 aliphatic heterocycles. The normalized spacial score (nSPS) is 9.60. The Hall–Kier alpha value is -1.83. The number of nitrogens with one attached hydrogen (secondary N) is 1. The van der Waals surface area contributed by atoms with E-state index >= 15 is 0 Å². The smallest absolute Gasteiger partial charge is 0.256 e. The zero-order chi connectivity index (χ0) is 11.1. The van der Waals surface area contributed by atoms with Gasteiger partial charge in [-0.3, -0.25) is 4.79 Å². The number of unbranched alkanes of at least 4 members (excludes halogenated alkanes) is 2. The van der Waals surface area contributed by atoms with Crippen molar-refractivity contribution in [3.63, 3.8) is 0 Å². The molecule has 1 N–H and O–H groups in total. The molecule has 0 spiro atoms. The highest BCUT2D eigenvalue weighted by molar-refractivity contribution is 5.94. The lowest BCUT2D eigenvalue weighted by Gasteiger charge is -2.01. The van der Waals surface area contributed by atoms with Crippen molar-refractivity contribution < 1.29 is 9.32 Å². The first-order valence-electron chi connectivity index (χ1n) is 4.82. The van der Waals surface area contributed by atoms with Crippen LogP contribution in [0.2, 0.25) is 0 Å². The van der Waals surface area contributed by atoms with E-state index in [-0.39, 0.29) is 5.91 Å². The van der Waals surface area contributed by atoms with Crippen LogP contribution in [0.25, 0.3) is 0 Å². The van der Waals surface area contributed by atoms with Gasteiger partial charge in [-0.1, -0.05) is 5.16 Å². The summed E-state index contributed by atoms with van der Waals surface area (Å²) in [5.74, 6) is 0.343. The SMILES string of the molecule is Cc1oncc1C(=O)NCCCCC#N. The van der Waals surface area contributed by atoms with Crippen LogP contribution in [0, 0.1) is 18.3 Å². The molecule has 0 saturated heterocycles. The lowest BCUT2D eigenvalue weighted by molar-refractivity contribution is 0.0951. The van der Waals surface area contributed by atoms with E-state index in [1.807, 2.05) is 0 Å². The molecule has 1 amide bonds. The molecule has 0 unspecified atom stereocenters. The van der Waals surface area contributed by atoms with Gasteiger partial charge in [-0.15, -0.1) is 0 Å². The standard InChI is InChI=1S/C10H13N3O2/c1-8-9(7-13-15-8)10(14)12-6-4-2-3-5-11/h7H,2-4,6H2,1H3,(H,12,14). The number of carbonyl (C=O) groups is 1. The molecule has 0 radical (unpaired) electrons. The Morgan fingerprint density at radius 2 is 2.47 bits per heavy atom. The first-order valence-corrected chi connectivity index (χ1v) is 4.82. The minimum atomic E-state index is -0.175. The highest BCUT2D eigenvalue weighted by atomic mass is 16.5. The molecule has 1 aromatic rings. The second-order valence-electron chi connectivity index (χ2n) is 3.17. The Labute approximate surface area is 88.1 Å². The maximum Gasteiger partial charge on any atom is 0.256 e. The van der Waals surface area contributed by atoms with Gasteiger partial charge < -0.3 is 9.84 Å². The van der Waals surface area contributed by atoms with Gasteiger partial charge in [0.05, 0.1) is 12.3 Å². The number of rotatable bonds is 5. The van der Waals surface area contributed by atoms with Crippen molar-refractivity contribution in [2.24, 2.45) is 0 Å². The molecule has 15 heavy (non-hydrogen) atoms. The first kappa shape index (κ1) is 11.2. The molecule has 0 aliphatic carbocycles. The number of nitriles is 1. The van der Waals surface area contributed by atoms with E-state index in [0.717, 1.165) is 12.8 Å². The van der Waals surface area contributed by atoms with E-state index in [2.05, 4.69) is 16.5 Å². The van der Waals surface area contributed by atoms with E-state index in [4.69, 9.17) is 9.78 Å². The van der Waals surface area contributed by atoms with Gasteiger partial charge in [0.2, 0.25) is 0 Å². The molecule has 1 aromatic heterocycles. The molecule has 0 aromatic carbocycles. The molecular formula is C10H13N3O2. The molecule has 0 aliphatic rings. The van der Waals surface area contributed by atoms with Crippen LogP contribution in [-0.4, -0.2) is 17.6 Å². The van der Waals surface area contributed by atoms with Crippen molar-refractivity contribution in [3.05, 3.63) is 17.5 Å². The summed E-state index contributed by atoms with van der Waals surface area (Å²) in [7, 11) is 0. The van der Waals surface area contributed by atoms with E-state index in [1.165, 1.54) is 6.20 Å². The fourth-order valence-corrected chi connectivity index (χ4v) is 1.14. The number of aryl methyl sites for hydroxylation is 1. The van der Waals surface area contributed by atoms with Gasteiger partial charge >= 0.3 is 0 Å². The van der Waals surface area contributed by atoms with Crippen LogP contribution in [0.4, 0.5) is 0 Å². The zero-order valence-electron chi connectivity index (χ0n) is 8.62. The Kier molecular flexibility index (Phi) is 4.35. The van der Waals surface area contributed by atoms with Crippen molar-refractivity contribution >= 4 is 5.91 Å². The predicted molar refractivity (Wildman–Crippen MR) is 53.0 cm³/mol. The van der Waals surface area contributed by atoms with Crippen molar-refractivity contribution in [3.8, 4) is 6.07 Å². The van der Waals surface area contributed by atoms with E-state index < -0.39 is 0 Å². The molecule has 0 fully saturated rings. The van der Waals surface area contributed by atoms with E-state index in [0.29, 0.717) is 24.3 Å². The molecule has 5 heteroatoms. The minimum absolute atomic E-state index is 0.175. The fourth-order valence-electron chi connectivity index (χ4n) is 1.14. The van der Waals surface area contributed by atoms with Gasteiger partial charge in [0.15, 0.2) is 0 Å². The van der Waals surface area contributed by atoms with Gasteiger partial charge in [0.25, 0.3) is 5.91 Å². The maximum absolute atomic E-state index is 11.5. The molecule has 80 valence electrons. The average Bonchev–Trinajstić information content (AvgIpc) is 2.64. The Morgan fingerprint density at radius 3 is 3.07 bits per heavy atom. The quantitative estimate of drug-likeness (QED) is 0.740. The lowest BCUT2D eigenvalue weighted by Crippen LogP contribution is -2.24. The molecule has 1 rings (SSSR count). The van der Waals surface area contributed by atoms with Crippen molar-refractivity contribution in [2.75, 3.05) is 6.54 Å². The zero-order valence-corrected chi connectivity index (χ0v) is 8.62. The molecule has 0 atom stereocenters. The number of hydrogen-bond donors (Lipinski definition) is 1. The second kappa shape index (κ2) is 5.81. The third-order valence-electron chi connectivity index (χ3n) is 2.00. The van der Waals surface area contributed by atoms with Gasteiger partial charge in [0, 0.05) is 13.0 Å². The van der Waals surface area contributed by atoms with Crippen LogP contribution in [0.1, 0.15) is 35.4 Å². The van der Waals surface area contributed by atoms with Crippen molar-refractivity contribution in [2.45, 2.75) is 26.2 Å². The monoisotopic (exact) mass is 207 g/mol. The third-order valence-corrected chi connectivity index (χ3v) is 2.00. The summed E-state index contributed by atoms with van der Waals surface area (Å²) in [6.45, 7) is 2.27. The Bertz CT molecular complexity index is 365.